The number of sulfonamides is 1. The van der Waals surface area contributed by atoms with Crippen molar-refractivity contribution in [1.82, 2.24) is 9.97 Å². The van der Waals surface area contributed by atoms with Gasteiger partial charge in [-0.1, -0.05) is 36.7 Å². The van der Waals surface area contributed by atoms with Gasteiger partial charge in [0.05, 0.1) is 17.0 Å². The van der Waals surface area contributed by atoms with Crippen molar-refractivity contribution in [2.45, 2.75) is 19.4 Å². The molecule has 3 N–H and O–H groups in total. The first-order valence-electron chi connectivity index (χ1n) is 11.5. The van der Waals surface area contributed by atoms with Gasteiger partial charge in [-0.05, 0) is 60.0 Å². The first-order chi connectivity index (χ1) is 17.7. The van der Waals surface area contributed by atoms with Crippen LogP contribution in [-0.2, 0) is 10.0 Å². The summed E-state index contributed by atoms with van der Waals surface area (Å²) in [6, 6.07) is 16.1. The van der Waals surface area contributed by atoms with Crippen LogP contribution in [0.15, 0.2) is 66.9 Å². The molecule has 5 aromatic rings. The summed E-state index contributed by atoms with van der Waals surface area (Å²) in [6.45, 7) is 1.67. The zero-order valence-corrected chi connectivity index (χ0v) is 21.2. The molecule has 1 unspecified atom stereocenters. The van der Waals surface area contributed by atoms with E-state index in [0.29, 0.717) is 22.5 Å². The highest BCUT2D eigenvalue weighted by Crippen LogP contribution is 2.35. The Labute approximate surface area is 217 Å². The molecule has 0 amide bonds. The molecule has 190 valence electrons. The van der Waals surface area contributed by atoms with E-state index >= 15 is 4.39 Å². The second-order valence-electron chi connectivity index (χ2n) is 8.70. The summed E-state index contributed by atoms with van der Waals surface area (Å²) in [5.41, 5.74) is 2.27. The minimum Gasteiger partial charge on any atom is -0.383 e. The lowest BCUT2D eigenvalue weighted by Gasteiger charge is -2.17. The molecule has 10 heteroatoms. The molecule has 2 heterocycles. The summed E-state index contributed by atoms with van der Waals surface area (Å²) >= 11 is 6.00. The summed E-state index contributed by atoms with van der Waals surface area (Å²) in [5.74, 6) is -2.38. The zero-order valence-electron chi connectivity index (χ0n) is 19.6. The molecule has 0 bridgehead atoms. The molecular formula is C27H22ClF2N3O3S. The van der Waals surface area contributed by atoms with E-state index < -0.39 is 39.0 Å². The number of benzene rings is 3. The van der Waals surface area contributed by atoms with E-state index in [1.54, 1.807) is 43.5 Å². The van der Waals surface area contributed by atoms with E-state index in [4.69, 9.17) is 11.6 Å². The van der Waals surface area contributed by atoms with E-state index in [0.717, 1.165) is 34.2 Å². The summed E-state index contributed by atoms with van der Waals surface area (Å²) < 4.78 is 56.4. The summed E-state index contributed by atoms with van der Waals surface area (Å²) in [6.07, 6.45) is 0.372. The summed E-state index contributed by atoms with van der Waals surface area (Å²) in [4.78, 5) is 7.71. The number of aliphatic hydroxyl groups is 1. The quantitative estimate of drug-likeness (QED) is 0.218. The monoisotopic (exact) mass is 541 g/mol. The molecule has 0 saturated carbocycles. The van der Waals surface area contributed by atoms with Gasteiger partial charge in [0.2, 0.25) is 10.0 Å². The number of H-pyrrole nitrogens is 1. The maximum atomic E-state index is 15.3. The third-order valence-electron chi connectivity index (χ3n) is 6.11. The second-order valence-corrected chi connectivity index (χ2v) is 11.0. The number of nitrogens with zero attached hydrogens (tertiary/aromatic N) is 1. The van der Waals surface area contributed by atoms with Crippen LogP contribution in [0.4, 0.5) is 14.5 Å². The van der Waals surface area contributed by atoms with E-state index in [2.05, 4.69) is 14.7 Å². The molecule has 6 nitrogen and oxygen atoms in total. The van der Waals surface area contributed by atoms with E-state index in [1.165, 1.54) is 0 Å². The Morgan fingerprint density at radius 2 is 1.78 bits per heavy atom. The molecule has 0 aliphatic carbocycles. The second kappa shape index (κ2) is 9.74. The fourth-order valence-electron chi connectivity index (χ4n) is 4.31. The van der Waals surface area contributed by atoms with Crippen LogP contribution in [-0.4, -0.2) is 29.2 Å². The van der Waals surface area contributed by atoms with E-state index in [-0.39, 0.29) is 11.3 Å². The van der Waals surface area contributed by atoms with Crippen LogP contribution >= 0.6 is 11.6 Å². The molecule has 0 saturated heterocycles. The van der Waals surface area contributed by atoms with Crippen LogP contribution < -0.4 is 4.72 Å². The number of nitrogens with one attached hydrogen (secondary N) is 2. The molecule has 1 atom stereocenters. The fraction of sp³-hybridized carbons (Fsp3) is 0.148. The highest BCUT2D eigenvalue weighted by molar-refractivity contribution is 7.92. The van der Waals surface area contributed by atoms with Crippen molar-refractivity contribution >= 4 is 49.2 Å². The number of hydrogen-bond acceptors (Lipinski definition) is 4. The summed E-state index contributed by atoms with van der Waals surface area (Å²) in [5, 5.41) is 13.1. The zero-order chi connectivity index (χ0) is 26.3. The van der Waals surface area contributed by atoms with Gasteiger partial charge in [-0.2, -0.15) is 0 Å². The first-order valence-corrected chi connectivity index (χ1v) is 13.5. The Morgan fingerprint density at radius 1 is 1.03 bits per heavy atom. The minimum atomic E-state index is -3.81. The third-order valence-corrected chi connectivity index (χ3v) is 7.83. The lowest BCUT2D eigenvalue weighted by Crippen LogP contribution is -2.18. The molecule has 0 aliphatic rings. The number of rotatable bonds is 7. The van der Waals surface area contributed by atoms with Crippen molar-refractivity contribution < 1.29 is 22.3 Å². The maximum absolute atomic E-state index is 15.3. The average molecular weight is 542 g/mol. The Kier molecular flexibility index (Phi) is 6.61. The maximum Gasteiger partial charge on any atom is 0.232 e. The fourth-order valence-corrected chi connectivity index (χ4v) is 5.57. The Morgan fingerprint density at radius 3 is 2.51 bits per heavy atom. The molecule has 3 aromatic carbocycles. The molecular weight excluding hydrogens is 520 g/mol. The van der Waals surface area contributed by atoms with Gasteiger partial charge in [-0.15, -0.1) is 0 Å². The largest absolute Gasteiger partial charge is 0.383 e. The van der Waals surface area contributed by atoms with E-state index in [1.807, 2.05) is 18.2 Å². The van der Waals surface area contributed by atoms with Gasteiger partial charge in [0.15, 0.2) is 5.82 Å². The lowest BCUT2D eigenvalue weighted by molar-refractivity contribution is 0.209. The highest BCUT2D eigenvalue weighted by Gasteiger charge is 2.25. The van der Waals surface area contributed by atoms with Crippen LogP contribution in [0, 0.1) is 11.6 Å². The molecule has 5 rings (SSSR count). The van der Waals surface area contributed by atoms with Crippen LogP contribution in [0.1, 0.15) is 30.6 Å². The third kappa shape index (κ3) is 4.90. The molecule has 37 heavy (non-hydrogen) atoms. The van der Waals surface area contributed by atoms with Crippen molar-refractivity contribution in [3.63, 3.8) is 0 Å². The number of fused-ring (bicyclic) bond motifs is 3. The number of aromatic nitrogens is 2. The Balaban J connectivity index is 1.57. The Bertz CT molecular complexity index is 1740. The predicted molar refractivity (Wildman–Crippen MR) is 142 cm³/mol. The molecule has 0 aliphatic heterocycles. The van der Waals surface area contributed by atoms with E-state index in [9.17, 15) is 17.9 Å². The SMILES string of the molecule is CCCS(=O)(=O)Nc1ccc(F)c(C(O)c2ccc3[nH]c4ncc(-c5ccc(Cl)cc5)cc4c3c2)c1F. The highest BCUT2D eigenvalue weighted by atomic mass is 35.5. The first kappa shape index (κ1) is 25.1. The van der Waals surface area contributed by atoms with Crippen molar-refractivity contribution in [3.05, 3.63) is 94.6 Å². The predicted octanol–water partition coefficient (Wildman–Crippen LogP) is 6.55. The Hall–Kier alpha value is -3.53. The van der Waals surface area contributed by atoms with Gasteiger partial charge in [-0.25, -0.2) is 22.2 Å². The van der Waals surface area contributed by atoms with Crippen LogP contribution in [0.2, 0.25) is 5.02 Å². The molecule has 0 fully saturated rings. The average Bonchev–Trinajstić information content (AvgIpc) is 3.23. The smallest absolute Gasteiger partial charge is 0.232 e. The van der Waals surface area contributed by atoms with Gasteiger partial charge in [0.25, 0.3) is 0 Å². The summed E-state index contributed by atoms with van der Waals surface area (Å²) in [7, 11) is -3.81. The molecule has 2 aromatic heterocycles. The number of aromatic amines is 1. The van der Waals surface area contributed by atoms with Crippen molar-refractivity contribution in [1.29, 1.82) is 0 Å². The number of pyridine rings is 1. The number of hydrogen-bond donors (Lipinski definition) is 3. The van der Waals surface area contributed by atoms with Gasteiger partial charge in [-0.3, -0.25) is 4.72 Å². The minimum absolute atomic E-state index is 0.217. The normalized spacial score (nSPS) is 12.8. The van der Waals surface area contributed by atoms with Gasteiger partial charge >= 0.3 is 0 Å². The van der Waals surface area contributed by atoms with Gasteiger partial charge in [0, 0.05) is 33.1 Å². The van der Waals surface area contributed by atoms with Gasteiger partial charge < -0.3 is 10.1 Å². The number of anilines is 1. The van der Waals surface area contributed by atoms with Crippen molar-refractivity contribution in [2.75, 3.05) is 10.5 Å². The van der Waals surface area contributed by atoms with Crippen LogP contribution in [0.25, 0.3) is 33.1 Å². The number of aliphatic hydroxyl groups excluding tert-OH is 1. The van der Waals surface area contributed by atoms with Crippen LogP contribution in [0.3, 0.4) is 0 Å². The van der Waals surface area contributed by atoms with Crippen LogP contribution in [0.5, 0.6) is 0 Å². The lowest BCUT2D eigenvalue weighted by atomic mass is 9.98. The standard InChI is InChI=1S/C27H22ClF2N3O3S/c1-2-11-37(35,36)33-23-10-8-21(29)24(25(23)30)26(34)16-5-9-22-19(12-16)20-13-17(14-31-27(20)32-22)15-3-6-18(28)7-4-15/h3-10,12-14,26,33-34H,2,11H2,1H3,(H,31,32). The number of halogens is 3. The van der Waals surface area contributed by atoms with Gasteiger partial charge in [0.1, 0.15) is 17.6 Å². The topological polar surface area (TPSA) is 95.1 Å². The van der Waals surface area contributed by atoms with Crippen molar-refractivity contribution in [3.8, 4) is 11.1 Å². The molecule has 0 radical (unpaired) electrons. The van der Waals surface area contributed by atoms with Crippen molar-refractivity contribution in [2.24, 2.45) is 0 Å². The molecule has 0 spiro atoms.